The molecule has 0 N–H and O–H groups in total. The van der Waals surface area contributed by atoms with Crippen LogP contribution in [-0.2, 0) is 32.3 Å². The third-order valence-electron chi connectivity index (χ3n) is 7.32. The van der Waals surface area contributed by atoms with Crippen LogP contribution in [-0.4, -0.2) is 43.4 Å². The number of likely N-dealkylation sites (tertiary alicyclic amines) is 2. The quantitative estimate of drug-likeness (QED) is 0.536. The number of carbonyl (C=O) groups excluding carboxylic acids is 4. The number of hydrogen-bond acceptors (Lipinski definition) is 6. The zero-order chi connectivity index (χ0) is 22.0. The molecule has 3 aliphatic carbocycles. The average Bonchev–Trinajstić information content (AvgIpc) is 3.24. The Balaban J connectivity index is 1.31. The summed E-state index contributed by atoms with van der Waals surface area (Å²) in [4.78, 5) is 64.0. The number of aromatic nitrogens is 2. The fraction of sp³-hybridized carbons (Fsp3) is 0.333. The number of nitrogens with zero attached hydrogens (tertiary/aromatic N) is 4. The predicted octanol–water partition coefficient (Wildman–Crippen LogP) is 1.20. The van der Waals surface area contributed by atoms with E-state index in [1.165, 1.54) is 9.80 Å². The van der Waals surface area contributed by atoms with Gasteiger partial charge >= 0.3 is 0 Å². The molecule has 4 amide bonds. The van der Waals surface area contributed by atoms with Crippen LogP contribution in [0.3, 0.4) is 0 Å². The van der Waals surface area contributed by atoms with Crippen LogP contribution in [0, 0.1) is 35.5 Å². The van der Waals surface area contributed by atoms with Gasteiger partial charge in [0.2, 0.25) is 23.6 Å². The molecular weight excluding hydrogens is 408 g/mol. The third-order valence-corrected chi connectivity index (χ3v) is 7.32. The molecule has 2 aromatic heterocycles. The number of allylic oxidation sites excluding steroid dienone is 2. The van der Waals surface area contributed by atoms with Crippen LogP contribution in [0.15, 0.2) is 61.2 Å². The second-order valence-corrected chi connectivity index (χ2v) is 8.89. The van der Waals surface area contributed by atoms with E-state index < -0.39 is 35.5 Å². The van der Waals surface area contributed by atoms with Crippen LogP contribution in [0.25, 0.3) is 0 Å². The molecule has 3 fully saturated rings. The maximum Gasteiger partial charge on any atom is 0.234 e. The van der Waals surface area contributed by atoms with Crippen LogP contribution in [0.2, 0.25) is 0 Å². The van der Waals surface area contributed by atoms with Gasteiger partial charge in [-0.2, -0.15) is 0 Å². The molecule has 2 aromatic rings. The zero-order valence-electron chi connectivity index (χ0n) is 17.1. The van der Waals surface area contributed by atoms with E-state index in [4.69, 9.17) is 0 Å². The highest BCUT2D eigenvalue weighted by atomic mass is 16.2. The van der Waals surface area contributed by atoms with Gasteiger partial charge in [0.1, 0.15) is 0 Å². The maximum atomic E-state index is 13.3. The zero-order valence-corrected chi connectivity index (χ0v) is 17.1. The minimum Gasteiger partial charge on any atom is -0.278 e. The summed E-state index contributed by atoms with van der Waals surface area (Å²) in [7, 11) is 0. The first-order chi connectivity index (χ1) is 15.6. The molecule has 0 radical (unpaired) electrons. The van der Waals surface area contributed by atoms with E-state index in [1.807, 2.05) is 24.3 Å². The second kappa shape index (κ2) is 6.91. The van der Waals surface area contributed by atoms with Gasteiger partial charge < -0.3 is 0 Å². The highest BCUT2D eigenvalue weighted by Crippen LogP contribution is 2.58. The van der Waals surface area contributed by atoms with E-state index in [0.717, 1.165) is 11.1 Å². The molecular formula is C24H20N4O4. The number of amides is 4. The molecule has 0 aromatic carbocycles. The lowest BCUT2D eigenvalue weighted by atomic mass is 9.54. The van der Waals surface area contributed by atoms with Crippen molar-refractivity contribution in [2.75, 3.05) is 0 Å². The van der Waals surface area contributed by atoms with Crippen molar-refractivity contribution in [1.82, 2.24) is 19.8 Å². The molecule has 8 heteroatoms. The van der Waals surface area contributed by atoms with Crippen molar-refractivity contribution in [3.8, 4) is 0 Å². The summed E-state index contributed by atoms with van der Waals surface area (Å²) in [5.41, 5.74) is 1.53. The number of imide groups is 2. The molecule has 0 unspecified atom stereocenters. The Morgan fingerprint density at radius 3 is 1.31 bits per heavy atom. The Labute approximate surface area is 183 Å². The van der Waals surface area contributed by atoms with E-state index in [-0.39, 0.29) is 36.7 Å². The largest absolute Gasteiger partial charge is 0.278 e. The van der Waals surface area contributed by atoms with Gasteiger partial charge in [-0.05, 0) is 23.3 Å². The minimum atomic E-state index is -0.592. The van der Waals surface area contributed by atoms with E-state index in [2.05, 4.69) is 9.97 Å². The van der Waals surface area contributed by atoms with Gasteiger partial charge in [-0.25, -0.2) is 0 Å². The molecule has 1 saturated carbocycles. The second-order valence-electron chi connectivity index (χ2n) is 8.89. The van der Waals surface area contributed by atoms with Crippen molar-refractivity contribution < 1.29 is 19.2 Å². The van der Waals surface area contributed by atoms with E-state index in [9.17, 15) is 19.2 Å². The van der Waals surface area contributed by atoms with Crippen molar-refractivity contribution in [1.29, 1.82) is 0 Å². The van der Waals surface area contributed by atoms with Crippen molar-refractivity contribution >= 4 is 23.6 Å². The SMILES string of the molecule is O=C1[C@@H]2C3C=CC([C@@H]2C(=O)N1Cc1cccnc1)[C@@H]1C(=O)N(Cc2cccnc2)C(=O)[C@H]31. The Morgan fingerprint density at radius 1 is 0.625 bits per heavy atom. The first-order valence-electron chi connectivity index (χ1n) is 10.7. The summed E-state index contributed by atoms with van der Waals surface area (Å²) in [6.45, 7) is 0.310. The first-order valence-corrected chi connectivity index (χ1v) is 10.7. The molecule has 160 valence electrons. The molecule has 0 spiro atoms. The lowest BCUT2D eigenvalue weighted by Crippen LogP contribution is -2.50. The van der Waals surface area contributed by atoms with Gasteiger partial charge in [0.05, 0.1) is 36.8 Å². The molecule has 2 saturated heterocycles. The Hall–Kier alpha value is -3.68. The van der Waals surface area contributed by atoms with Crippen molar-refractivity contribution in [3.05, 3.63) is 72.3 Å². The topological polar surface area (TPSA) is 101 Å². The van der Waals surface area contributed by atoms with Crippen LogP contribution < -0.4 is 0 Å². The molecule has 2 bridgehead atoms. The monoisotopic (exact) mass is 428 g/mol. The van der Waals surface area contributed by atoms with Crippen molar-refractivity contribution in [2.45, 2.75) is 13.1 Å². The van der Waals surface area contributed by atoms with Crippen molar-refractivity contribution in [2.24, 2.45) is 35.5 Å². The van der Waals surface area contributed by atoms with Crippen LogP contribution in [0.1, 0.15) is 11.1 Å². The first kappa shape index (κ1) is 19.0. The summed E-state index contributed by atoms with van der Waals surface area (Å²) in [6.07, 6.45) is 10.3. The summed E-state index contributed by atoms with van der Waals surface area (Å²) in [6, 6.07) is 7.16. The lowest BCUT2D eigenvalue weighted by molar-refractivity contribution is -0.140. The maximum absolute atomic E-state index is 13.3. The standard InChI is InChI=1S/C24H20N4O4/c29-21-17-15-5-6-16(18(17)22(30)27(21)11-13-3-1-7-25-9-13)20-19(15)23(31)28(24(20)32)12-14-4-2-8-26-10-14/h1-10,15-20H,11-12H2/t15?,16?,17-,18+,19-,20+. The minimum absolute atomic E-state index is 0.155. The van der Waals surface area contributed by atoms with E-state index in [0.29, 0.717) is 0 Å². The smallest absolute Gasteiger partial charge is 0.234 e. The average molecular weight is 428 g/mol. The molecule has 5 aliphatic rings. The fourth-order valence-electron chi connectivity index (χ4n) is 6.01. The van der Waals surface area contributed by atoms with Crippen molar-refractivity contribution in [3.63, 3.8) is 0 Å². The summed E-state index contributed by atoms with van der Waals surface area (Å²) in [5, 5.41) is 0. The van der Waals surface area contributed by atoms with Gasteiger partial charge in [-0.1, -0.05) is 24.3 Å². The fourth-order valence-corrected chi connectivity index (χ4v) is 6.01. The van der Waals surface area contributed by atoms with Gasteiger partial charge in [-0.15, -0.1) is 0 Å². The molecule has 4 heterocycles. The summed E-state index contributed by atoms with van der Waals surface area (Å²) in [5.74, 6) is -4.28. The Kier molecular flexibility index (Phi) is 4.11. The number of pyridine rings is 2. The third kappa shape index (κ3) is 2.55. The molecule has 2 aliphatic heterocycles. The Bertz CT molecular complexity index is 1030. The highest BCUT2D eigenvalue weighted by molar-refractivity contribution is 6.10. The highest BCUT2D eigenvalue weighted by Gasteiger charge is 2.68. The predicted molar refractivity (Wildman–Crippen MR) is 110 cm³/mol. The normalized spacial score (nSPS) is 32.6. The Morgan fingerprint density at radius 2 is 1.00 bits per heavy atom. The van der Waals surface area contributed by atoms with E-state index >= 15 is 0 Å². The van der Waals surface area contributed by atoms with Crippen LogP contribution >= 0.6 is 0 Å². The van der Waals surface area contributed by atoms with Gasteiger partial charge in [0.15, 0.2) is 0 Å². The van der Waals surface area contributed by atoms with Gasteiger partial charge in [0.25, 0.3) is 0 Å². The summed E-state index contributed by atoms with van der Waals surface area (Å²) >= 11 is 0. The van der Waals surface area contributed by atoms with Crippen LogP contribution in [0.4, 0.5) is 0 Å². The number of carbonyl (C=O) groups is 4. The number of rotatable bonds is 4. The molecule has 8 nitrogen and oxygen atoms in total. The van der Waals surface area contributed by atoms with Gasteiger partial charge in [-0.3, -0.25) is 38.9 Å². The number of hydrogen-bond donors (Lipinski definition) is 0. The molecule has 7 rings (SSSR count). The van der Waals surface area contributed by atoms with Crippen LogP contribution in [0.5, 0.6) is 0 Å². The molecule has 4 atom stereocenters. The summed E-state index contributed by atoms with van der Waals surface area (Å²) < 4.78 is 0. The van der Waals surface area contributed by atoms with Gasteiger partial charge in [0, 0.05) is 36.6 Å². The van der Waals surface area contributed by atoms with E-state index in [1.54, 1.807) is 36.9 Å². The lowest BCUT2D eigenvalue weighted by Gasteiger charge is -2.44. The molecule has 32 heavy (non-hydrogen) atoms.